The third-order valence-electron chi connectivity index (χ3n) is 2.81. The number of aromatic nitrogens is 3. The van der Waals surface area contributed by atoms with Gasteiger partial charge in [-0.3, -0.25) is 0 Å². The van der Waals surface area contributed by atoms with Gasteiger partial charge in [0.2, 0.25) is 5.88 Å². The van der Waals surface area contributed by atoms with Crippen LogP contribution in [0.3, 0.4) is 0 Å². The highest BCUT2D eigenvalue weighted by Gasteiger charge is 2.13. The van der Waals surface area contributed by atoms with Gasteiger partial charge in [-0.15, -0.1) is 0 Å². The molecule has 96 valence electrons. The van der Waals surface area contributed by atoms with E-state index in [2.05, 4.69) is 9.97 Å². The zero-order valence-corrected chi connectivity index (χ0v) is 10.6. The molecule has 2 aromatic rings. The Bertz CT molecular complexity index is 510. The van der Waals surface area contributed by atoms with Gasteiger partial charge in [-0.2, -0.15) is 0 Å². The first-order valence-electron chi connectivity index (χ1n) is 5.93. The second kappa shape index (κ2) is 5.64. The topological polar surface area (TPSA) is 60.2 Å². The van der Waals surface area contributed by atoms with Gasteiger partial charge in [0.1, 0.15) is 11.9 Å². The van der Waals surface area contributed by atoms with E-state index in [9.17, 15) is 5.11 Å². The minimum Gasteiger partial charge on any atom is -0.481 e. The van der Waals surface area contributed by atoms with E-state index in [1.165, 1.54) is 0 Å². The van der Waals surface area contributed by atoms with E-state index in [-0.39, 0.29) is 0 Å². The maximum absolute atomic E-state index is 10.2. The number of ether oxygens (including phenoxy) is 1. The molecule has 0 aliphatic carbocycles. The van der Waals surface area contributed by atoms with Crippen molar-refractivity contribution in [1.82, 2.24) is 14.5 Å². The number of nitrogens with zero attached hydrogens (tertiary/aromatic N) is 3. The molecule has 2 rings (SSSR count). The molecule has 1 N–H and O–H groups in total. The van der Waals surface area contributed by atoms with Crippen molar-refractivity contribution in [3.8, 4) is 5.88 Å². The Hall–Kier alpha value is -1.88. The highest BCUT2D eigenvalue weighted by atomic mass is 16.5. The first kappa shape index (κ1) is 12.6. The maximum atomic E-state index is 10.2. The smallest absolute Gasteiger partial charge is 0.213 e. The summed E-state index contributed by atoms with van der Waals surface area (Å²) in [4.78, 5) is 8.46. The van der Waals surface area contributed by atoms with E-state index in [4.69, 9.17) is 4.74 Å². The molecule has 1 unspecified atom stereocenters. The Kier molecular flexibility index (Phi) is 3.94. The van der Waals surface area contributed by atoms with Crippen molar-refractivity contribution >= 4 is 0 Å². The summed E-state index contributed by atoms with van der Waals surface area (Å²) in [5, 5.41) is 10.2. The first-order valence-corrected chi connectivity index (χ1v) is 5.93. The molecular weight excluding hydrogens is 230 g/mol. The van der Waals surface area contributed by atoms with Gasteiger partial charge in [-0.05, 0) is 13.0 Å². The SMILES string of the molecule is CCn1ccnc1CC(O)c1cccc(OC)n1. The summed E-state index contributed by atoms with van der Waals surface area (Å²) in [6.45, 7) is 2.88. The van der Waals surface area contributed by atoms with E-state index in [0.29, 0.717) is 18.0 Å². The van der Waals surface area contributed by atoms with Gasteiger partial charge in [0, 0.05) is 31.4 Å². The molecule has 0 saturated carbocycles. The average molecular weight is 247 g/mol. The molecule has 18 heavy (non-hydrogen) atoms. The molecule has 5 nitrogen and oxygen atoms in total. The molecule has 0 bridgehead atoms. The Morgan fingerprint density at radius 3 is 3.00 bits per heavy atom. The van der Waals surface area contributed by atoms with Gasteiger partial charge < -0.3 is 14.4 Å². The molecule has 1 atom stereocenters. The number of pyridine rings is 1. The predicted molar refractivity (Wildman–Crippen MR) is 67.4 cm³/mol. The summed E-state index contributed by atoms with van der Waals surface area (Å²) in [6.07, 6.45) is 3.42. The van der Waals surface area contributed by atoms with Crippen molar-refractivity contribution in [3.63, 3.8) is 0 Å². The number of rotatable bonds is 5. The molecule has 2 aromatic heterocycles. The average Bonchev–Trinajstić information content (AvgIpc) is 2.86. The van der Waals surface area contributed by atoms with Crippen LogP contribution in [0.2, 0.25) is 0 Å². The molecule has 0 radical (unpaired) electrons. The fraction of sp³-hybridized carbons (Fsp3) is 0.385. The lowest BCUT2D eigenvalue weighted by Crippen LogP contribution is -2.09. The third-order valence-corrected chi connectivity index (χ3v) is 2.81. The summed E-state index contributed by atoms with van der Waals surface area (Å²) in [5.74, 6) is 1.36. The molecule has 0 fully saturated rings. The second-order valence-corrected chi connectivity index (χ2v) is 3.95. The molecule has 0 aliphatic heterocycles. The predicted octanol–water partition coefficient (Wildman–Crippen LogP) is 1.58. The van der Waals surface area contributed by atoms with Crippen LogP contribution in [0, 0.1) is 0 Å². The van der Waals surface area contributed by atoms with Crippen LogP contribution >= 0.6 is 0 Å². The highest BCUT2D eigenvalue weighted by molar-refractivity contribution is 5.18. The van der Waals surface area contributed by atoms with Gasteiger partial charge >= 0.3 is 0 Å². The van der Waals surface area contributed by atoms with Crippen molar-refractivity contribution in [2.24, 2.45) is 0 Å². The molecule has 0 spiro atoms. The van der Waals surface area contributed by atoms with Crippen LogP contribution in [0.25, 0.3) is 0 Å². The van der Waals surface area contributed by atoms with Gasteiger partial charge in [-0.25, -0.2) is 9.97 Å². The molecule has 0 amide bonds. The van der Waals surface area contributed by atoms with Crippen LogP contribution in [0.5, 0.6) is 5.88 Å². The number of imidazole rings is 1. The number of hydrogen-bond donors (Lipinski definition) is 1. The molecular formula is C13H17N3O2. The number of methoxy groups -OCH3 is 1. The Balaban J connectivity index is 2.13. The van der Waals surface area contributed by atoms with E-state index in [0.717, 1.165) is 12.4 Å². The normalized spacial score (nSPS) is 12.4. The van der Waals surface area contributed by atoms with Crippen LogP contribution in [0.4, 0.5) is 0 Å². The fourth-order valence-corrected chi connectivity index (χ4v) is 1.83. The molecule has 0 aliphatic rings. The lowest BCUT2D eigenvalue weighted by Gasteiger charge is -2.11. The van der Waals surface area contributed by atoms with Crippen molar-refractivity contribution in [1.29, 1.82) is 0 Å². The van der Waals surface area contributed by atoms with Crippen molar-refractivity contribution in [2.45, 2.75) is 26.0 Å². The largest absolute Gasteiger partial charge is 0.481 e. The Labute approximate surface area is 106 Å². The van der Waals surface area contributed by atoms with E-state index in [1.807, 2.05) is 23.8 Å². The van der Waals surface area contributed by atoms with Crippen LogP contribution in [0.1, 0.15) is 24.5 Å². The van der Waals surface area contributed by atoms with Crippen LogP contribution < -0.4 is 4.74 Å². The lowest BCUT2D eigenvalue weighted by atomic mass is 10.1. The van der Waals surface area contributed by atoms with Crippen LogP contribution in [-0.4, -0.2) is 26.8 Å². The first-order chi connectivity index (χ1) is 8.74. The van der Waals surface area contributed by atoms with Crippen molar-refractivity contribution in [2.75, 3.05) is 7.11 Å². The highest BCUT2D eigenvalue weighted by Crippen LogP contribution is 2.18. The second-order valence-electron chi connectivity index (χ2n) is 3.95. The van der Waals surface area contributed by atoms with Crippen LogP contribution in [0.15, 0.2) is 30.6 Å². The number of aliphatic hydroxyl groups is 1. The lowest BCUT2D eigenvalue weighted by molar-refractivity contribution is 0.168. The Morgan fingerprint density at radius 1 is 1.44 bits per heavy atom. The van der Waals surface area contributed by atoms with Gasteiger partial charge in [0.25, 0.3) is 0 Å². The van der Waals surface area contributed by atoms with Gasteiger partial charge in [-0.1, -0.05) is 6.07 Å². The van der Waals surface area contributed by atoms with Crippen molar-refractivity contribution < 1.29 is 9.84 Å². The minimum atomic E-state index is -0.673. The summed E-state index contributed by atoms with van der Waals surface area (Å²) in [6, 6.07) is 5.35. The van der Waals surface area contributed by atoms with Gasteiger partial charge in [0.15, 0.2) is 0 Å². The number of aliphatic hydroxyl groups excluding tert-OH is 1. The summed E-state index contributed by atoms with van der Waals surface area (Å²) >= 11 is 0. The fourth-order valence-electron chi connectivity index (χ4n) is 1.83. The van der Waals surface area contributed by atoms with E-state index >= 15 is 0 Å². The zero-order valence-electron chi connectivity index (χ0n) is 10.6. The van der Waals surface area contributed by atoms with Crippen LogP contribution in [-0.2, 0) is 13.0 Å². The molecule has 2 heterocycles. The molecule has 0 aromatic carbocycles. The number of aryl methyl sites for hydroxylation is 1. The maximum Gasteiger partial charge on any atom is 0.213 e. The van der Waals surface area contributed by atoms with E-state index < -0.39 is 6.10 Å². The van der Waals surface area contributed by atoms with E-state index in [1.54, 1.807) is 25.4 Å². The zero-order chi connectivity index (χ0) is 13.0. The molecule has 5 heteroatoms. The Morgan fingerprint density at radius 2 is 2.28 bits per heavy atom. The third kappa shape index (κ3) is 2.68. The monoisotopic (exact) mass is 247 g/mol. The van der Waals surface area contributed by atoms with Crippen molar-refractivity contribution in [3.05, 3.63) is 42.1 Å². The quantitative estimate of drug-likeness (QED) is 0.871. The standard InChI is InChI=1S/C13H17N3O2/c1-3-16-8-7-14-12(16)9-11(17)10-5-4-6-13(15-10)18-2/h4-8,11,17H,3,9H2,1-2H3. The van der Waals surface area contributed by atoms with Gasteiger partial charge in [0.05, 0.1) is 12.8 Å². The summed E-state index contributed by atoms with van der Waals surface area (Å²) in [7, 11) is 1.56. The summed E-state index contributed by atoms with van der Waals surface area (Å²) in [5.41, 5.74) is 0.597. The minimum absolute atomic E-state index is 0.445. The summed E-state index contributed by atoms with van der Waals surface area (Å²) < 4.78 is 7.05. The molecule has 0 saturated heterocycles. The number of hydrogen-bond acceptors (Lipinski definition) is 4.